The summed E-state index contributed by atoms with van der Waals surface area (Å²) in [6.45, 7) is 5.69. The molecule has 1 aliphatic heterocycles. The predicted molar refractivity (Wildman–Crippen MR) is 201 cm³/mol. The highest BCUT2D eigenvalue weighted by atomic mass is 19.1. The van der Waals surface area contributed by atoms with Gasteiger partial charge >= 0.3 is 12.2 Å². The van der Waals surface area contributed by atoms with Crippen molar-refractivity contribution in [3.63, 3.8) is 0 Å². The average molecular weight is 779 g/mol. The molecule has 4 aromatic rings. The number of ketones is 1. The molecule has 15 heteroatoms. The summed E-state index contributed by atoms with van der Waals surface area (Å²) in [5, 5.41) is 0.210. The fourth-order valence-corrected chi connectivity index (χ4v) is 6.18. The summed E-state index contributed by atoms with van der Waals surface area (Å²) in [4.78, 5) is 69.0. The third-order valence-corrected chi connectivity index (χ3v) is 8.91. The summed E-state index contributed by atoms with van der Waals surface area (Å²) in [5.41, 5.74) is -1.20. The average Bonchev–Trinajstić information content (AvgIpc) is 3.78. The smallest absolute Gasteiger partial charge is 0.419 e. The van der Waals surface area contributed by atoms with Crippen LogP contribution in [0.1, 0.15) is 63.3 Å². The first-order valence-corrected chi connectivity index (χ1v) is 18.2. The quantitative estimate of drug-likeness (QED) is 0.136. The minimum absolute atomic E-state index is 0.0138. The molecule has 298 valence electrons. The number of hydrogen-bond donors (Lipinski definition) is 0. The normalized spacial score (nSPS) is 13.6. The molecule has 0 radical (unpaired) electrons. The van der Waals surface area contributed by atoms with Crippen molar-refractivity contribution in [2.45, 2.75) is 77.7 Å². The number of ether oxygens (including phenoxy) is 3. The third kappa shape index (κ3) is 10.5. The molecule has 2 aromatic carbocycles. The van der Waals surface area contributed by atoms with E-state index in [0.29, 0.717) is 19.2 Å². The second kappa shape index (κ2) is 17.7. The summed E-state index contributed by atoms with van der Waals surface area (Å²) in [7, 11) is 2.94. The van der Waals surface area contributed by atoms with Crippen LogP contribution in [-0.4, -0.2) is 81.7 Å². The second-order valence-corrected chi connectivity index (χ2v) is 14.7. The van der Waals surface area contributed by atoms with E-state index in [1.807, 2.05) is 0 Å². The van der Waals surface area contributed by atoms with Gasteiger partial charge in [0.2, 0.25) is 5.91 Å². The number of allylic oxidation sites excluding steroid dienone is 1. The zero-order chi connectivity index (χ0) is 40.7. The molecule has 12 nitrogen and oxygen atoms in total. The minimum atomic E-state index is -1.21. The van der Waals surface area contributed by atoms with Crippen molar-refractivity contribution in [2.24, 2.45) is 0 Å². The van der Waals surface area contributed by atoms with Gasteiger partial charge in [-0.3, -0.25) is 14.4 Å². The molecule has 5 rings (SSSR count). The predicted octanol–water partition coefficient (Wildman–Crippen LogP) is 6.77. The number of benzene rings is 2. The van der Waals surface area contributed by atoms with Gasteiger partial charge in [0.15, 0.2) is 11.9 Å². The Bertz CT molecular complexity index is 2200. The van der Waals surface area contributed by atoms with E-state index in [2.05, 4.69) is 0 Å². The molecule has 1 saturated heterocycles. The van der Waals surface area contributed by atoms with Crippen LogP contribution < -0.4 is 10.3 Å². The molecule has 1 fully saturated rings. The van der Waals surface area contributed by atoms with Crippen molar-refractivity contribution in [3.05, 3.63) is 112 Å². The first-order valence-electron chi connectivity index (χ1n) is 18.2. The molecule has 3 heterocycles. The summed E-state index contributed by atoms with van der Waals surface area (Å²) in [6, 6.07) is 9.61. The second-order valence-electron chi connectivity index (χ2n) is 14.7. The lowest BCUT2D eigenvalue weighted by Gasteiger charge is -2.22. The Morgan fingerprint density at radius 2 is 1.68 bits per heavy atom. The van der Waals surface area contributed by atoms with E-state index >= 15 is 0 Å². The Labute approximate surface area is 322 Å². The molecule has 0 aliphatic carbocycles. The van der Waals surface area contributed by atoms with E-state index in [9.17, 15) is 37.1 Å². The zero-order valence-corrected chi connectivity index (χ0v) is 32.0. The SMILES string of the molecule is CN(C)C(=O)O[C@@H](CC/C=C/C(=O)N1CCCC1)C(=O)Cc1cccn(Cc2cc3cc(F)cc(OCc4ccc(F)cc4F)c3n2C(=O)OC(C)(C)C)c1=O. The van der Waals surface area contributed by atoms with Crippen LogP contribution in [0, 0.1) is 17.5 Å². The van der Waals surface area contributed by atoms with Crippen LogP contribution in [0.5, 0.6) is 5.75 Å². The van der Waals surface area contributed by atoms with Crippen LogP contribution in [0.15, 0.2) is 71.7 Å². The topological polar surface area (TPSA) is 129 Å². The van der Waals surface area contributed by atoms with E-state index in [-0.39, 0.29) is 65.2 Å². The first kappa shape index (κ1) is 41.3. The molecular formula is C41H45F3N4O8. The van der Waals surface area contributed by atoms with Crippen molar-refractivity contribution in [1.29, 1.82) is 0 Å². The highest BCUT2D eigenvalue weighted by Crippen LogP contribution is 2.33. The Kier molecular flexibility index (Phi) is 13.1. The fraction of sp³-hybridized carbons (Fsp3) is 0.390. The molecule has 0 unspecified atom stereocenters. The van der Waals surface area contributed by atoms with Gasteiger partial charge in [0.25, 0.3) is 5.56 Å². The summed E-state index contributed by atoms with van der Waals surface area (Å²) < 4.78 is 62.3. The van der Waals surface area contributed by atoms with Crippen LogP contribution in [0.2, 0.25) is 0 Å². The number of hydrogen-bond acceptors (Lipinski definition) is 8. The molecule has 0 spiro atoms. The Morgan fingerprint density at radius 1 is 0.946 bits per heavy atom. The van der Waals surface area contributed by atoms with Crippen molar-refractivity contribution in [2.75, 3.05) is 27.2 Å². The van der Waals surface area contributed by atoms with Crippen LogP contribution in [0.25, 0.3) is 10.9 Å². The minimum Gasteiger partial charge on any atom is -0.486 e. The Hall–Kier alpha value is -5.86. The molecule has 2 aromatic heterocycles. The molecule has 0 bridgehead atoms. The number of carbonyl (C=O) groups excluding carboxylic acids is 4. The van der Waals surface area contributed by atoms with Crippen LogP contribution in [0.3, 0.4) is 0 Å². The highest BCUT2D eigenvalue weighted by Gasteiger charge is 2.27. The van der Waals surface area contributed by atoms with Crippen molar-refractivity contribution in [1.82, 2.24) is 18.9 Å². The number of carbonyl (C=O) groups is 4. The molecule has 0 N–H and O–H groups in total. The third-order valence-electron chi connectivity index (χ3n) is 8.91. The van der Waals surface area contributed by atoms with Crippen molar-refractivity contribution < 1.29 is 46.6 Å². The number of aromatic nitrogens is 2. The van der Waals surface area contributed by atoms with Gasteiger partial charge in [-0.1, -0.05) is 12.1 Å². The molecule has 0 saturated carbocycles. The first-order chi connectivity index (χ1) is 26.5. The lowest BCUT2D eigenvalue weighted by atomic mass is 10.0. The standard InChI is InChI=1S/C41H45F3N4O8/c1-41(2,3)56-40(53)48-31(20-28-19-30(43)23-35(37(28)48)54-25-27-14-15-29(42)22-32(27)44)24-47-18-10-11-26(38(47)51)21-33(49)34(55-39(52)45(4)5)12-6-7-13-36(50)46-16-8-9-17-46/h7,10-11,13-15,18-20,22-23,34H,6,8-9,12,16-17,21,24-25H2,1-5H3/b13-7+/t34-/m0/s1. The Balaban J connectivity index is 1.43. The van der Waals surface area contributed by atoms with Gasteiger partial charge < -0.3 is 28.6 Å². The highest BCUT2D eigenvalue weighted by molar-refractivity contribution is 5.95. The number of likely N-dealkylation sites (tertiary alicyclic amines) is 1. The number of halogens is 3. The van der Waals surface area contributed by atoms with Crippen LogP contribution >= 0.6 is 0 Å². The largest absolute Gasteiger partial charge is 0.486 e. The summed E-state index contributed by atoms with van der Waals surface area (Å²) in [6.07, 6.45) is 3.55. The van der Waals surface area contributed by atoms with E-state index in [0.717, 1.165) is 35.6 Å². The summed E-state index contributed by atoms with van der Waals surface area (Å²) >= 11 is 0. The van der Waals surface area contributed by atoms with Gasteiger partial charge in [-0.15, -0.1) is 0 Å². The lowest BCUT2D eigenvalue weighted by Crippen LogP contribution is -2.35. The monoisotopic (exact) mass is 778 g/mol. The van der Waals surface area contributed by atoms with Gasteiger partial charge in [-0.2, -0.15) is 0 Å². The van der Waals surface area contributed by atoms with Gasteiger partial charge in [0, 0.05) is 68.4 Å². The van der Waals surface area contributed by atoms with E-state index in [1.165, 1.54) is 54.0 Å². The molecule has 1 aliphatic rings. The number of rotatable bonds is 13. The molecule has 56 heavy (non-hydrogen) atoms. The maximum absolute atomic E-state index is 14.9. The van der Waals surface area contributed by atoms with Gasteiger partial charge in [0.05, 0.1) is 12.2 Å². The fourth-order valence-electron chi connectivity index (χ4n) is 6.18. The van der Waals surface area contributed by atoms with Crippen LogP contribution in [0.4, 0.5) is 22.8 Å². The zero-order valence-electron chi connectivity index (χ0n) is 32.0. The maximum Gasteiger partial charge on any atom is 0.419 e. The van der Waals surface area contributed by atoms with E-state index < -0.39 is 59.3 Å². The molecular weight excluding hydrogens is 733 g/mol. The van der Waals surface area contributed by atoms with Crippen molar-refractivity contribution >= 4 is 34.8 Å². The number of fused-ring (bicyclic) bond motifs is 1. The van der Waals surface area contributed by atoms with Crippen molar-refractivity contribution in [3.8, 4) is 5.75 Å². The van der Waals surface area contributed by atoms with E-state index in [4.69, 9.17) is 14.2 Å². The molecule has 2 amide bonds. The number of amides is 2. The number of pyridine rings is 1. The summed E-state index contributed by atoms with van der Waals surface area (Å²) in [5.74, 6) is -3.18. The van der Waals surface area contributed by atoms with Gasteiger partial charge in [-0.05, 0) is 82.9 Å². The number of Topliss-reactive ketones (excluding diaryl/α,β-unsaturated/α-hetero) is 1. The maximum atomic E-state index is 14.9. The van der Waals surface area contributed by atoms with E-state index in [1.54, 1.807) is 37.8 Å². The molecule has 1 atom stereocenters. The van der Waals surface area contributed by atoms with Crippen LogP contribution in [-0.2, 0) is 38.6 Å². The van der Waals surface area contributed by atoms with Gasteiger partial charge in [0.1, 0.15) is 40.9 Å². The Morgan fingerprint density at radius 3 is 2.36 bits per heavy atom. The lowest BCUT2D eigenvalue weighted by molar-refractivity contribution is -0.127. The number of nitrogens with zero attached hydrogens (tertiary/aromatic N) is 4. The van der Waals surface area contributed by atoms with Gasteiger partial charge in [-0.25, -0.2) is 27.3 Å².